The molecule has 0 saturated carbocycles. The molecule has 0 amide bonds. The topological polar surface area (TPSA) is 16.1 Å². The van der Waals surface area contributed by atoms with Crippen LogP contribution < -0.4 is 0 Å². The Morgan fingerprint density at radius 2 is 2.43 bits per heavy atom. The van der Waals surface area contributed by atoms with Gasteiger partial charge < -0.3 is 0 Å². The van der Waals surface area contributed by atoms with Crippen molar-refractivity contribution in [3.05, 3.63) is 29.6 Å². The fourth-order valence-electron chi connectivity index (χ4n) is 2.09. The predicted molar refractivity (Wildman–Crippen MR) is 61.5 cm³/mol. The van der Waals surface area contributed by atoms with Gasteiger partial charge in [0.05, 0.1) is 0 Å². The van der Waals surface area contributed by atoms with Crippen molar-refractivity contribution in [2.45, 2.75) is 24.2 Å². The summed E-state index contributed by atoms with van der Waals surface area (Å²) in [4.78, 5) is 6.69. The number of alkyl halides is 1. The Hall–Kier alpha value is -0.410. The maximum Gasteiger partial charge on any atom is 0.0360 e. The van der Waals surface area contributed by atoms with Gasteiger partial charge in [0.25, 0.3) is 0 Å². The molecular formula is C11H15BrN2. The van der Waals surface area contributed by atoms with Gasteiger partial charge in [-0.1, -0.05) is 22.0 Å². The van der Waals surface area contributed by atoms with Gasteiger partial charge in [-0.15, -0.1) is 0 Å². The molecule has 1 saturated heterocycles. The second kappa shape index (κ2) is 4.41. The minimum atomic E-state index is 0.585. The highest BCUT2D eigenvalue weighted by atomic mass is 79.9. The van der Waals surface area contributed by atoms with Crippen LogP contribution in [0.15, 0.2) is 18.5 Å². The first kappa shape index (κ1) is 10.1. The highest BCUT2D eigenvalue weighted by Crippen LogP contribution is 2.30. The van der Waals surface area contributed by atoms with Gasteiger partial charge in [0, 0.05) is 23.8 Å². The molecule has 0 bridgehead atoms. The van der Waals surface area contributed by atoms with Gasteiger partial charge in [0.2, 0.25) is 0 Å². The zero-order valence-electron chi connectivity index (χ0n) is 8.41. The third-order valence-corrected chi connectivity index (χ3v) is 3.52. The van der Waals surface area contributed by atoms with Crippen molar-refractivity contribution in [1.29, 1.82) is 0 Å². The van der Waals surface area contributed by atoms with E-state index in [1.54, 1.807) is 0 Å². The molecule has 3 heteroatoms. The lowest BCUT2D eigenvalue weighted by atomic mass is 10.1. The van der Waals surface area contributed by atoms with Crippen LogP contribution in [0.3, 0.4) is 0 Å². The summed E-state index contributed by atoms with van der Waals surface area (Å²) in [5.41, 5.74) is 2.63. The highest BCUT2D eigenvalue weighted by molar-refractivity contribution is 9.08. The minimum Gasteiger partial charge on any atom is -0.299 e. The molecule has 2 rings (SSSR count). The number of rotatable bonds is 2. The van der Waals surface area contributed by atoms with Crippen LogP contribution in [0.5, 0.6) is 0 Å². The van der Waals surface area contributed by atoms with Crippen molar-refractivity contribution in [2.24, 2.45) is 0 Å². The Morgan fingerprint density at radius 1 is 1.57 bits per heavy atom. The molecule has 1 unspecified atom stereocenters. The monoisotopic (exact) mass is 254 g/mol. The maximum absolute atomic E-state index is 4.28. The molecule has 2 heterocycles. The van der Waals surface area contributed by atoms with Crippen LogP contribution >= 0.6 is 15.9 Å². The van der Waals surface area contributed by atoms with Crippen molar-refractivity contribution in [2.75, 3.05) is 13.6 Å². The van der Waals surface area contributed by atoms with Gasteiger partial charge >= 0.3 is 0 Å². The van der Waals surface area contributed by atoms with Crippen molar-refractivity contribution >= 4 is 15.9 Å². The van der Waals surface area contributed by atoms with Gasteiger partial charge in [0.15, 0.2) is 0 Å². The van der Waals surface area contributed by atoms with Crippen LogP contribution in [0.2, 0.25) is 0 Å². The third-order valence-electron chi connectivity index (χ3n) is 2.88. The van der Waals surface area contributed by atoms with E-state index in [-0.39, 0.29) is 0 Å². The van der Waals surface area contributed by atoms with E-state index in [0.29, 0.717) is 6.04 Å². The van der Waals surface area contributed by atoms with Crippen LogP contribution in [-0.2, 0) is 5.33 Å². The van der Waals surface area contributed by atoms with Crippen molar-refractivity contribution < 1.29 is 0 Å². The number of nitrogens with zero attached hydrogens (tertiary/aromatic N) is 2. The predicted octanol–water partition coefficient (Wildman–Crippen LogP) is 2.74. The molecule has 1 aliphatic rings. The summed E-state index contributed by atoms with van der Waals surface area (Å²) in [5.74, 6) is 0. The summed E-state index contributed by atoms with van der Waals surface area (Å²) in [7, 11) is 2.19. The molecule has 0 aliphatic carbocycles. The largest absolute Gasteiger partial charge is 0.299 e. The first-order valence-electron chi connectivity index (χ1n) is 5.01. The third kappa shape index (κ3) is 1.98. The zero-order valence-corrected chi connectivity index (χ0v) is 10.00. The van der Waals surface area contributed by atoms with E-state index in [9.17, 15) is 0 Å². The Morgan fingerprint density at radius 3 is 3.07 bits per heavy atom. The maximum atomic E-state index is 4.28. The summed E-state index contributed by atoms with van der Waals surface area (Å²) in [6.07, 6.45) is 6.50. The number of aromatic nitrogens is 1. The average molecular weight is 255 g/mol. The zero-order chi connectivity index (χ0) is 9.97. The molecule has 1 aromatic heterocycles. The lowest BCUT2D eigenvalue weighted by Crippen LogP contribution is -2.17. The second-order valence-corrected chi connectivity index (χ2v) is 4.46. The van der Waals surface area contributed by atoms with E-state index >= 15 is 0 Å². The molecule has 1 atom stereocenters. The molecule has 1 aliphatic heterocycles. The Bertz CT molecular complexity index is 314. The molecule has 76 valence electrons. The number of hydrogen-bond acceptors (Lipinski definition) is 2. The molecular weight excluding hydrogens is 240 g/mol. The lowest BCUT2D eigenvalue weighted by molar-refractivity contribution is 0.317. The normalized spacial score (nSPS) is 22.9. The number of halogens is 1. The van der Waals surface area contributed by atoms with Crippen molar-refractivity contribution in [1.82, 2.24) is 9.88 Å². The van der Waals surface area contributed by atoms with E-state index in [1.165, 1.54) is 30.5 Å². The molecule has 1 aromatic rings. The van der Waals surface area contributed by atoms with Crippen molar-refractivity contribution in [3.63, 3.8) is 0 Å². The van der Waals surface area contributed by atoms with Gasteiger partial charge in [-0.3, -0.25) is 9.88 Å². The molecule has 0 N–H and O–H groups in total. The minimum absolute atomic E-state index is 0.585. The summed E-state index contributed by atoms with van der Waals surface area (Å²) < 4.78 is 0. The highest BCUT2D eigenvalue weighted by Gasteiger charge is 2.22. The van der Waals surface area contributed by atoms with Crippen LogP contribution in [0, 0.1) is 0 Å². The standard InChI is InChI=1S/C11H15BrN2/c1-14-4-2-3-11(14)10-5-9(6-12)7-13-8-10/h5,7-8,11H,2-4,6H2,1H3. The van der Waals surface area contributed by atoms with E-state index < -0.39 is 0 Å². The molecule has 14 heavy (non-hydrogen) atoms. The molecule has 0 spiro atoms. The van der Waals surface area contributed by atoms with Gasteiger partial charge in [-0.2, -0.15) is 0 Å². The quantitative estimate of drug-likeness (QED) is 0.755. The Balaban J connectivity index is 2.22. The van der Waals surface area contributed by atoms with E-state index in [2.05, 4.69) is 38.9 Å². The van der Waals surface area contributed by atoms with Crippen LogP contribution in [-0.4, -0.2) is 23.5 Å². The molecule has 1 fully saturated rings. The molecule has 2 nitrogen and oxygen atoms in total. The molecule has 0 aromatic carbocycles. The van der Waals surface area contributed by atoms with Gasteiger partial charge in [-0.05, 0) is 37.6 Å². The van der Waals surface area contributed by atoms with Crippen LogP contribution in [0.1, 0.15) is 30.0 Å². The number of likely N-dealkylation sites (tertiary alicyclic amines) is 1. The summed E-state index contributed by atoms with van der Waals surface area (Å²) in [5, 5.41) is 0.893. The van der Waals surface area contributed by atoms with E-state index in [0.717, 1.165) is 5.33 Å². The smallest absolute Gasteiger partial charge is 0.0360 e. The van der Waals surface area contributed by atoms with E-state index in [4.69, 9.17) is 0 Å². The first-order chi connectivity index (χ1) is 6.81. The van der Waals surface area contributed by atoms with Crippen molar-refractivity contribution in [3.8, 4) is 0 Å². The van der Waals surface area contributed by atoms with E-state index in [1.807, 2.05) is 12.4 Å². The fourth-order valence-corrected chi connectivity index (χ4v) is 2.40. The fraction of sp³-hybridized carbons (Fsp3) is 0.545. The van der Waals surface area contributed by atoms with Gasteiger partial charge in [0.1, 0.15) is 0 Å². The lowest BCUT2D eigenvalue weighted by Gasteiger charge is -2.19. The summed E-state index contributed by atoms with van der Waals surface area (Å²) in [6.45, 7) is 1.21. The summed E-state index contributed by atoms with van der Waals surface area (Å²) >= 11 is 3.46. The molecule has 0 radical (unpaired) electrons. The summed E-state index contributed by atoms with van der Waals surface area (Å²) in [6, 6.07) is 2.84. The number of hydrogen-bond donors (Lipinski definition) is 0. The Labute approximate surface area is 93.5 Å². The number of pyridine rings is 1. The van der Waals surface area contributed by atoms with Crippen LogP contribution in [0.4, 0.5) is 0 Å². The average Bonchev–Trinajstić information content (AvgIpc) is 2.65. The van der Waals surface area contributed by atoms with Gasteiger partial charge in [-0.25, -0.2) is 0 Å². The van der Waals surface area contributed by atoms with Crippen LogP contribution in [0.25, 0.3) is 0 Å². The Kier molecular flexibility index (Phi) is 3.19. The first-order valence-corrected chi connectivity index (χ1v) is 6.13. The second-order valence-electron chi connectivity index (χ2n) is 3.90. The SMILES string of the molecule is CN1CCCC1c1cncc(CBr)c1.